The largest absolute Gasteiger partial charge is 0.508 e. The number of phenolic OH excluding ortho intramolecular Hbond substituents is 1. The molecule has 0 heterocycles. The minimum atomic E-state index is 0. The molecule has 3 heteroatoms. The predicted molar refractivity (Wildman–Crippen MR) is 51.2 cm³/mol. The van der Waals surface area contributed by atoms with Crippen LogP contribution in [0.2, 0.25) is 0 Å². The van der Waals surface area contributed by atoms with Crippen LogP contribution in [0.1, 0.15) is 5.56 Å². The number of halogens is 1. The molecule has 0 fully saturated rings. The van der Waals surface area contributed by atoms with Crippen molar-refractivity contribution in [3.8, 4) is 5.75 Å². The Hall–Kier alpha value is -0.540. The van der Waals surface area contributed by atoms with E-state index in [4.69, 9.17) is 10.8 Å². The molecule has 2 nitrogen and oxygen atoms in total. The summed E-state index contributed by atoms with van der Waals surface area (Å²) in [5.74, 6) is 0.306. The van der Waals surface area contributed by atoms with Gasteiger partial charge in [-0.2, -0.15) is 0 Å². The first-order valence-electron chi connectivity index (χ1n) is 3.31. The monoisotopic (exact) mass is 217 g/mol. The molecular formula is C8H12BrNO. The van der Waals surface area contributed by atoms with Crippen LogP contribution in [0.4, 0.5) is 0 Å². The maximum Gasteiger partial charge on any atom is 0.115 e. The fraction of sp³-hybridized carbons (Fsp3) is 0.250. The Morgan fingerprint density at radius 3 is 2.18 bits per heavy atom. The molecule has 1 aromatic carbocycles. The number of hydrogen-bond donors (Lipinski definition) is 2. The van der Waals surface area contributed by atoms with Crippen LogP contribution in [0.5, 0.6) is 5.75 Å². The van der Waals surface area contributed by atoms with E-state index in [-0.39, 0.29) is 17.0 Å². The van der Waals surface area contributed by atoms with Crippen LogP contribution in [0, 0.1) is 0 Å². The Labute approximate surface area is 76.8 Å². The van der Waals surface area contributed by atoms with Gasteiger partial charge in [0.2, 0.25) is 0 Å². The van der Waals surface area contributed by atoms with Crippen LogP contribution in [0.25, 0.3) is 0 Å². The molecule has 0 aliphatic heterocycles. The second-order valence-corrected chi connectivity index (χ2v) is 2.21. The van der Waals surface area contributed by atoms with Crippen LogP contribution in [0.3, 0.4) is 0 Å². The van der Waals surface area contributed by atoms with Gasteiger partial charge in [-0.05, 0) is 30.7 Å². The third-order valence-electron chi connectivity index (χ3n) is 1.37. The highest BCUT2D eigenvalue weighted by molar-refractivity contribution is 8.93. The molecule has 0 saturated heterocycles. The molecule has 1 aromatic rings. The van der Waals surface area contributed by atoms with E-state index in [0.717, 1.165) is 6.42 Å². The first-order chi connectivity index (χ1) is 4.83. The van der Waals surface area contributed by atoms with E-state index in [2.05, 4.69) is 0 Å². The first kappa shape index (κ1) is 10.5. The minimum absolute atomic E-state index is 0. The van der Waals surface area contributed by atoms with Gasteiger partial charge in [-0.25, -0.2) is 0 Å². The summed E-state index contributed by atoms with van der Waals surface area (Å²) in [4.78, 5) is 0. The van der Waals surface area contributed by atoms with Crippen molar-refractivity contribution in [3.63, 3.8) is 0 Å². The van der Waals surface area contributed by atoms with Crippen LogP contribution in [-0.4, -0.2) is 11.7 Å². The molecular weight excluding hydrogens is 206 g/mol. The molecule has 0 atom stereocenters. The third kappa shape index (κ3) is 3.39. The number of phenols is 1. The normalized spacial score (nSPS) is 8.82. The highest BCUT2D eigenvalue weighted by Crippen LogP contribution is 2.09. The Morgan fingerprint density at radius 2 is 1.73 bits per heavy atom. The molecule has 62 valence electrons. The van der Waals surface area contributed by atoms with Crippen molar-refractivity contribution in [1.29, 1.82) is 0 Å². The van der Waals surface area contributed by atoms with Gasteiger partial charge in [0.05, 0.1) is 0 Å². The minimum Gasteiger partial charge on any atom is -0.508 e. The van der Waals surface area contributed by atoms with E-state index < -0.39 is 0 Å². The standard InChI is InChI=1S/C8H11NO.BrH/c9-6-5-7-1-3-8(10)4-2-7;/h1-4,10H,5-6,9H2;1H. The number of nitrogens with two attached hydrogens (primary N) is 1. The second-order valence-electron chi connectivity index (χ2n) is 2.21. The van der Waals surface area contributed by atoms with E-state index >= 15 is 0 Å². The van der Waals surface area contributed by atoms with E-state index in [0.29, 0.717) is 12.3 Å². The smallest absolute Gasteiger partial charge is 0.115 e. The van der Waals surface area contributed by atoms with Gasteiger partial charge in [0.15, 0.2) is 0 Å². The number of benzene rings is 1. The van der Waals surface area contributed by atoms with E-state index in [9.17, 15) is 0 Å². The zero-order chi connectivity index (χ0) is 7.40. The summed E-state index contributed by atoms with van der Waals surface area (Å²) < 4.78 is 0. The fourth-order valence-corrected chi connectivity index (χ4v) is 0.829. The molecule has 0 unspecified atom stereocenters. The van der Waals surface area contributed by atoms with E-state index in [1.165, 1.54) is 5.56 Å². The van der Waals surface area contributed by atoms with Crippen LogP contribution >= 0.6 is 17.0 Å². The molecule has 0 bridgehead atoms. The lowest BCUT2D eigenvalue weighted by atomic mass is 10.1. The van der Waals surface area contributed by atoms with Crippen LogP contribution in [0.15, 0.2) is 24.3 Å². The van der Waals surface area contributed by atoms with Gasteiger partial charge >= 0.3 is 0 Å². The van der Waals surface area contributed by atoms with Crippen molar-refractivity contribution in [2.75, 3.05) is 6.54 Å². The summed E-state index contributed by atoms with van der Waals surface area (Å²) in [5.41, 5.74) is 6.50. The Morgan fingerprint density at radius 1 is 1.18 bits per heavy atom. The van der Waals surface area contributed by atoms with E-state index in [1.54, 1.807) is 12.1 Å². The molecule has 0 aliphatic carbocycles. The molecule has 0 spiro atoms. The predicted octanol–water partition coefficient (Wildman–Crippen LogP) is 1.47. The zero-order valence-corrected chi connectivity index (χ0v) is 7.87. The van der Waals surface area contributed by atoms with Crippen LogP contribution < -0.4 is 5.73 Å². The summed E-state index contributed by atoms with van der Waals surface area (Å²) in [7, 11) is 0. The van der Waals surface area contributed by atoms with Crippen molar-refractivity contribution < 1.29 is 5.11 Å². The fourth-order valence-electron chi connectivity index (χ4n) is 0.829. The number of rotatable bonds is 2. The number of hydrogen-bond acceptors (Lipinski definition) is 2. The van der Waals surface area contributed by atoms with Crippen molar-refractivity contribution in [2.24, 2.45) is 5.73 Å². The lowest BCUT2D eigenvalue weighted by molar-refractivity contribution is 0.475. The molecule has 0 amide bonds. The summed E-state index contributed by atoms with van der Waals surface area (Å²) in [5, 5.41) is 8.89. The maximum absolute atomic E-state index is 8.89. The molecule has 0 saturated carbocycles. The Balaban J connectivity index is 0.000001000. The average molecular weight is 218 g/mol. The number of aromatic hydroxyl groups is 1. The lowest BCUT2D eigenvalue weighted by Gasteiger charge is -1.96. The van der Waals surface area contributed by atoms with Gasteiger partial charge < -0.3 is 10.8 Å². The lowest BCUT2D eigenvalue weighted by Crippen LogP contribution is -2.01. The van der Waals surface area contributed by atoms with Crippen molar-refractivity contribution in [3.05, 3.63) is 29.8 Å². The summed E-state index contributed by atoms with van der Waals surface area (Å²) in [6.45, 7) is 0.658. The quantitative estimate of drug-likeness (QED) is 0.789. The topological polar surface area (TPSA) is 46.2 Å². The molecule has 11 heavy (non-hydrogen) atoms. The molecule has 0 aliphatic rings. The van der Waals surface area contributed by atoms with Crippen molar-refractivity contribution in [2.45, 2.75) is 6.42 Å². The van der Waals surface area contributed by atoms with Crippen molar-refractivity contribution in [1.82, 2.24) is 0 Å². The van der Waals surface area contributed by atoms with Gasteiger partial charge in [0, 0.05) is 0 Å². The van der Waals surface area contributed by atoms with Crippen molar-refractivity contribution >= 4 is 17.0 Å². The molecule has 0 aromatic heterocycles. The van der Waals surface area contributed by atoms with Gasteiger partial charge in [-0.15, -0.1) is 17.0 Å². The summed E-state index contributed by atoms with van der Waals surface area (Å²) in [6, 6.07) is 7.10. The third-order valence-corrected chi connectivity index (χ3v) is 1.37. The first-order valence-corrected chi connectivity index (χ1v) is 3.31. The zero-order valence-electron chi connectivity index (χ0n) is 6.16. The molecule has 1 rings (SSSR count). The van der Waals surface area contributed by atoms with Crippen LogP contribution in [-0.2, 0) is 6.42 Å². The summed E-state index contributed by atoms with van der Waals surface area (Å²) >= 11 is 0. The van der Waals surface area contributed by atoms with Gasteiger partial charge in [-0.1, -0.05) is 12.1 Å². The highest BCUT2D eigenvalue weighted by atomic mass is 79.9. The van der Waals surface area contributed by atoms with Gasteiger partial charge in [0.1, 0.15) is 5.75 Å². The average Bonchev–Trinajstić information content (AvgIpc) is 1.95. The highest BCUT2D eigenvalue weighted by Gasteiger charge is 1.89. The van der Waals surface area contributed by atoms with Gasteiger partial charge in [-0.3, -0.25) is 0 Å². The molecule has 3 N–H and O–H groups in total. The second kappa shape index (κ2) is 5.16. The SMILES string of the molecule is Br.NCCc1ccc(O)cc1. The Bertz CT molecular complexity index is 198. The maximum atomic E-state index is 8.89. The van der Waals surface area contributed by atoms with E-state index in [1.807, 2.05) is 12.1 Å². The Kier molecular flexibility index (Phi) is 4.90. The molecule has 0 radical (unpaired) electrons. The summed E-state index contributed by atoms with van der Waals surface area (Å²) in [6.07, 6.45) is 0.875. The van der Waals surface area contributed by atoms with Gasteiger partial charge in [0.25, 0.3) is 0 Å².